The van der Waals surface area contributed by atoms with Gasteiger partial charge in [0, 0.05) is 5.92 Å². The monoisotopic (exact) mass is 256 g/mol. The third kappa shape index (κ3) is 3.47. The van der Waals surface area contributed by atoms with E-state index in [9.17, 15) is 4.79 Å². The van der Waals surface area contributed by atoms with Crippen molar-refractivity contribution >= 4 is 5.97 Å². The summed E-state index contributed by atoms with van der Waals surface area (Å²) in [6.45, 7) is 3.46. The van der Waals surface area contributed by atoms with Crippen molar-refractivity contribution in [2.75, 3.05) is 14.2 Å². The quantitative estimate of drug-likeness (QED) is 0.811. The molecular formula is C11H16N2O5. The zero-order valence-electron chi connectivity index (χ0n) is 10.7. The minimum absolute atomic E-state index is 0.0905. The molecule has 1 heterocycles. The van der Waals surface area contributed by atoms with Gasteiger partial charge in [-0.3, -0.25) is 0 Å². The number of hydrogen-bond acceptors (Lipinski definition) is 6. The Kier molecular flexibility index (Phi) is 4.70. The first-order valence-corrected chi connectivity index (χ1v) is 5.34. The lowest BCUT2D eigenvalue weighted by Gasteiger charge is -2.17. The fraction of sp³-hybridized carbons (Fsp3) is 0.545. The number of carbonyl (C=O) groups is 1. The van der Waals surface area contributed by atoms with E-state index in [1.807, 2.05) is 0 Å². The Morgan fingerprint density at radius 1 is 1.22 bits per heavy atom. The van der Waals surface area contributed by atoms with Crippen molar-refractivity contribution < 1.29 is 24.1 Å². The summed E-state index contributed by atoms with van der Waals surface area (Å²) in [4.78, 5) is 18.8. The van der Waals surface area contributed by atoms with E-state index in [-0.39, 0.29) is 23.7 Å². The van der Waals surface area contributed by atoms with Crippen LogP contribution in [0.3, 0.4) is 0 Å². The minimum atomic E-state index is -1.07. The number of carboxylic acids is 1. The SMILES string of the molecule is COc1cc(OC)nc(OC(C(=O)O)C(C)C)n1. The number of ether oxygens (including phenoxy) is 3. The van der Waals surface area contributed by atoms with Gasteiger partial charge in [-0.25, -0.2) is 4.79 Å². The largest absolute Gasteiger partial charge is 0.481 e. The second-order valence-corrected chi connectivity index (χ2v) is 3.86. The summed E-state index contributed by atoms with van der Waals surface area (Å²) in [5.41, 5.74) is 0. The Morgan fingerprint density at radius 2 is 1.72 bits per heavy atom. The molecule has 1 N–H and O–H groups in total. The van der Waals surface area contributed by atoms with E-state index in [1.54, 1.807) is 13.8 Å². The normalized spacial score (nSPS) is 12.1. The summed E-state index contributed by atoms with van der Waals surface area (Å²) in [6.07, 6.45) is -1.03. The first kappa shape index (κ1) is 14.0. The van der Waals surface area contributed by atoms with Crippen molar-refractivity contribution in [3.05, 3.63) is 6.07 Å². The molecule has 0 aliphatic heterocycles. The topological polar surface area (TPSA) is 90.8 Å². The predicted octanol–water partition coefficient (Wildman–Crippen LogP) is 0.982. The molecule has 18 heavy (non-hydrogen) atoms. The summed E-state index contributed by atoms with van der Waals surface area (Å²) >= 11 is 0. The van der Waals surface area contributed by atoms with E-state index in [4.69, 9.17) is 19.3 Å². The number of rotatable bonds is 6. The van der Waals surface area contributed by atoms with Gasteiger partial charge in [-0.15, -0.1) is 0 Å². The van der Waals surface area contributed by atoms with Crippen molar-refractivity contribution in [2.45, 2.75) is 20.0 Å². The number of aliphatic carboxylic acids is 1. The smallest absolute Gasteiger partial charge is 0.345 e. The molecule has 1 atom stereocenters. The second kappa shape index (κ2) is 6.04. The van der Waals surface area contributed by atoms with Crippen LogP contribution < -0.4 is 14.2 Å². The summed E-state index contributed by atoms with van der Waals surface area (Å²) in [7, 11) is 2.87. The Morgan fingerprint density at radius 3 is 2.06 bits per heavy atom. The van der Waals surface area contributed by atoms with Crippen LogP contribution in [0, 0.1) is 5.92 Å². The molecule has 0 aromatic carbocycles. The minimum Gasteiger partial charge on any atom is -0.481 e. The highest BCUT2D eigenvalue weighted by atomic mass is 16.5. The van der Waals surface area contributed by atoms with Crippen molar-refractivity contribution in [1.82, 2.24) is 9.97 Å². The number of aromatic nitrogens is 2. The Labute approximate surface area is 105 Å². The standard InChI is InChI=1S/C11H16N2O5/c1-6(2)9(10(14)15)18-11-12-7(16-3)5-8(13-11)17-4/h5-6,9H,1-4H3,(H,14,15). The number of nitrogens with zero attached hydrogens (tertiary/aromatic N) is 2. The van der Waals surface area contributed by atoms with E-state index < -0.39 is 12.1 Å². The van der Waals surface area contributed by atoms with Gasteiger partial charge in [-0.1, -0.05) is 13.8 Å². The summed E-state index contributed by atoms with van der Waals surface area (Å²) in [6, 6.07) is 1.38. The second-order valence-electron chi connectivity index (χ2n) is 3.86. The third-order valence-electron chi connectivity index (χ3n) is 2.16. The van der Waals surface area contributed by atoms with Crippen LogP contribution in [0.4, 0.5) is 0 Å². The fourth-order valence-corrected chi connectivity index (χ4v) is 1.23. The van der Waals surface area contributed by atoms with Gasteiger partial charge in [-0.2, -0.15) is 9.97 Å². The first-order valence-electron chi connectivity index (χ1n) is 5.34. The lowest BCUT2D eigenvalue weighted by Crippen LogP contribution is -2.32. The Hall–Kier alpha value is -2.05. The van der Waals surface area contributed by atoms with E-state index in [1.165, 1.54) is 20.3 Å². The molecule has 1 unspecified atom stereocenters. The van der Waals surface area contributed by atoms with Gasteiger partial charge in [0.1, 0.15) is 0 Å². The lowest BCUT2D eigenvalue weighted by molar-refractivity contribution is -0.147. The van der Waals surface area contributed by atoms with Crippen molar-refractivity contribution in [1.29, 1.82) is 0 Å². The zero-order chi connectivity index (χ0) is 13.7. The van der Waals surface area contributed by atoms with Gasteiger partial charge in [0.05, 0.1) is 20.3 Å². The Balaban J connectivity index is 2.98. The molecule has 100 valence electrons. The maximum Gasteiger partial charge on any atom is 0.345 e. The van der Waals surface area contributed by atoms with E-state index in [2.05, 4.69) is 9.97 Å². The molecule has 0 radical (unpaired) electrons. The first-order chi connectivity index (χ1) is 8.47. The van der Waals surface area contributed by atoms with Crippen LogP contribution in [0.2, 0.25) is 0 Å². The van der Waals surface area contributed by atoms with Gasteiger partial charge in [0.2, 0.25) is 17.9 Å². The zero-order valence-corrected chi connectivity index (χ0v) is 10.7. The van der Waals surface area contributed by atoms with Crippen LogP contribution in [0.1, 0.15) is 13.8 Å². The molecule has 0 aliphatic carbocycles. The van der Waals surface area contributed by atoms with Crippen molar-refractivity contribution in [3.63, 3.8) is 0 Å². The van der Waals surface area contributed by atoms with Crippen LogP contribution >= 0.6 is 0 Å². The molecule has 0 fully saturated rings. The van der Waals surface area contributed by atoms with E-state index >= 15 is 0 Å². The van der Waals surface area contributed by atoms with Gasteiger partial charge >= 0.3 is 12.0 Å². The molecule has 7 nitrogen and oxygen atoms in total. The highest BCUT2D eigenvalue weighted by Gasteiger charge is 2.25. The molecule has 0 saturated carbocycles. The van der Waals surface area contributed by atoms with Gasteiger partial charge in [0.15, 0.2) is 0 Å². The number of hydrogen-bond donors (Lipinski definition) is 1. The van der Waals surface area contributed by atoms with Gasteiger partial charge in [-0.05, 0) is 0 Å². The fourth-order valence-electron chi connectivity index (χ4n) is 1.23. The third-order valence-corrected chi connectivity index (χ3v) is 2.16. The maximum atomic E-state index is 11.0. The molecule has 0 bridgehead atoms. The molecule has 1 aromatic heterocycles. The van der Waals surface area contributed by atoms with E-state index in [0.29, 0.717) is 0 Å². The average Bonchev–Trinajstić information content (AvgIpc) is 2.34. The highest BCUT2D eigenvalue weighted by molar-refractivity contribution is 5.72. The van der Waals surface area contributed by atoms with Crippen LogP contribution in [-0.4, -0.2) is 41.4 Å². The molecule has 1 rings (SSSR count). The Bertz CT molecular complexity index is 400. The average molecular weight is 256 g/mol. The number of carboxylic acid groups (broad SMARTS) is 1. The molecule has 0 aliphatic rings. The lowest BCUT2D eigenvalue weighted by atomic mass is 10.1. The highest BCUT2D eigenvalue weighted by Crippen LogP contribution is 2.20. The van der Waals surface area contributed by atoms with Crippen LogP contribution in [0.25, 0.3) is 0 Å². The molecule has 7 heteroatoms. The van der Waals surface area contributed by atoms with Gasteiger partial charge < -0.3 is 19.3 Å². The predicted molar refractivity (Wildman–Crippen MR) is 62.0 cm³/mol. The summed E-state index contributed by atoms with van der Waals surface area (Å²) in [5, 5.41) is 9.01. The van der Waals surface area contributed by atoms with Crippen LogP contribution in [-0.2, 0) is 4.79 Å². The molecule has 0 amide bonds. The number of methoxy groups -OCH3 is 2. The van der Waals surface area contributed by atoms with E-state index in [0.717, 1.165) is 0 Å². The molecular weight excluding hydrogens is 240 g/mol. The van der Waals surface area contributed by atoms with Crippen LogP contribution in [0.5, 0.6) is 17.8 Å². The summed E-state index contributed by atoms with van der Waals surface area (Å²) in [5.74, 6) is -0.812. The molecule has 0 saturated heterocycles. The summed E-state index contributed by atoms with van der Waals surface area (Å²) < 4.78 is 15.1. The van der Waals surface area contributed by atoms with Crippen molar-refractivity contribution in [2.24, 2.45) is 5.92 Å². The van der Waals surface area contributed by atoms with Crippen LogP contribution in [0.15, 0.2) is 6.07 Å². The van der Waals surface area contributed by atoms with Gasteiger partial charge in [0.25, 0.3) is 0 Å². The molecule has 1 aromatic rings. The maximum absolute atomic E-state index is 11.0. The molecule has 0 spiro atoms. The van der Waals surface area contributed by atoms with Crippen molar-refractivity contribution in [3.8, 4) is 17.8 Å².